The topological polar surface area (TPSA) is 63.0 Å². The van der Waals surface area contributed by atoms with Crippen molar-refractivity contribution in [3.63, 3.8) is 0 Å². The lowest BCUT2D eigenvalue weighted by Crippen LogP contribution is -2.23. The summed E-state index contributed by atoms with van der Waals surface area (Å²) in [6.45, 7) is 2.01. The number of pyridine rings is 1. The predicted octanol–water partition coefficient (Wildman–Crippen LogP) is 1.09. The zero-order chi connectivity index (χ0) is 9.97. The van der Waals surface area contributed by atoms with Gasteiger partial charge in [0.1, 0.15) is 5.82 Å². The highest BCUT2D eigenvalue weighted by Gasteiger charge is 2.15. The van der Waals surface area contributed by atoms with Crippen molar-refractivity contribution in [3.05, 3.63) is 17.3 Å². The lowest BCUT2D eigenvalue weighted by Gasteiger charge is -2.13. The van der Waals surface area contributed by atoms with Crippen LogP contribution in [0.2, 0.25) is 5.02 Å². The highest BCUT2D eigenvalue weighted by atomic mass is 35.5. The number of aromatic nitrogens is 1. The van der Waals surface area contributed by atoms with Gasteiger partial charge in [-0.2, -0.15) is 0 Å². The molecule has 4 N–H and O–H groups in total. The molecule has 0 radical (unpaired) electrons. The summed E-state index contributed by atoms with van der Waals surface area (Å²) in [5, 5.41) is 7.11. The molecule has 1 aromatic heterocycles. The van der Waals surface area contributed by atoms with Gasteiger partial charge >= 0.3 is 0 Å². The lowest BCUT2D eigenvalue weighted by atomic mass is 10.2. The highest BCUT2D eigenvalue weighted by molar-refractivity contribution is 6.30. The Bertz CT molecular complexity index is 323. The fourth-order valence-corrected chi connectivity index (χ4v) is 1.71. The minimum Gasteiger partial charge on any atom is -0.396 e. The van der Waals surface area contributed by atoms with E-state index in [2.05, 4.69) is 15.6 Å². The van der Waals surface area contributed by atoms with Gasteiger partial charge in [-0.3, -0.25) is 0 Å². The second-order valence-electron chi connectivity index (χ2n) is 3.43. The van der Waals surface area contributed by atoms with Crippen LogP contribution in [0.5, 0.6) is 0 Å². The van der Waals surface area contributed by atoms with Crippen LogP contribution in [0.25, 0.3) is 0 Å². The van der Waals surface area contributed by atoms with Crippen LogP contribution in [0.4, 0.5) is 11.5 Å². The molecule has 0 bridgehead atoms. The molecule has 1 fully saturated rings. The number of rotatable bonds is 2. The lowest BCUT2D eigenvalue weighted by molar-refractivity contribution is 0.788. The quantitative estimate of drug-likeness (QED) is 0.687. The van der Waals surface area contributed by atoms with Gasteiger partial charge in [0.05, 0.1) is 10.7 Å². The minimum absolute atomic E-state index is 0.422. The number of nitrogens with one attached hydrogen (secondary N) is 2. The van der Waals surface area contributed by atoms with Crippen LogP contribution in [0.15, 0.2) is 12.3 Å². The molecule has 14 heavy (non-hydrogen) atoms. The van der Waals surface area contributed by atoms with Crippen molar-refractivity contribution in [3.8, 4) is 0 Å². The summed E-state index contributed by atoms with van der Waals surface area (Å²) in [6, 6.07) is 2.13. The number of nitrogens with two attached hydrogens (primary N) is 1. The molecule has 76 valence electrons. The van der Waals surface area contributed by atoms with E-state index in [0.717, 1.165) is 25.3 Å². The number of nitrogen functional groups attached to an aromatic ring is 1. The normalized spacial score (nSPS) is 21.1. The highest BCUT2D eigenvalue weighted by Crippen LogP contribution is 2.20. The Morgan fingerprint density at radius 3 is 3.14 bits per heavy atom. The summed E-state index contributed by atoms with van der Waals surface area (Å²) in [6.07, 6.45) is 2.70. The second-order valence-corrected chi connectivity index (χ2v) is 3.86. The number of hydrogen-bond donors (Lipinski definition) is 3. The van der Waals surface area contributed by atoms with Gasteiger partial charge in [-0.1, -0.05) is 11.6 Å². The molecule has 0 aromatic carbocycles. The number of anilines is 2. The molecular weight excluding hydrogens is 200 g/mol. The number of nitrogens with zero attached hydrogens (tertiary/aromatic N) is 1. The van der Waals surface area contributed by atoms with Crippen molar-refractivity contribution >= 4 is 23.1 Å². The van der Waals surface area contributed by atoms with Gasteiger partial charge in [-0.15, -0.1) is 0 Å². The van der Waals surface area contributed by atoms with Crippen molar-refractivity contribution in [2.24, 2.45) is 0 Å². The Morgan fingerprint density at radius 2 is 2.50 bits per heavy atom. The summed E-state index contributed by atoms with van der Waals surface area (Å²) in [7, 11) is 0. The molecule has 1 aromatic rings. The van der Waals surface area contributed by atoms with Crippen LogP contribution in [0.1, 0.15) is 6.42 Å². The van der Waals surface area contributed by atoms with E-state index in [-0.39, 0.29) is 0 Å². The maximum absolute atomic E-state index is 5.77. The van der Waals surface area contributed by atoms with E-state index < -0.39 is 0 Å². The average Bonchev–Trinajstić information content (AvgIpc) is 2.62. The first-order valence-corrected chi connectivity index (χ1v) is 5.02. The molecule has 0 unspecified atom stereocenters. The molecule has 0 aliphatic carbocycles. The van der Waals surface area contributed by atoms with Crippen molar-refractivity contribution in [1.29, 1.82) is 0 Å². The zero-order valence-corrected chi connectivity index (χ0v) is 8.51. The van der Waals surface area contributed by atoms with Gasteiger partial charge in [0.2, 0.25) is 0 Å². The second kappa shape index (κ2) is 4.02. The van der Waals surface area contributed by atoms with Crippen molar-refractivity contribution in [2.45, 2.75) is 12.5 Å². The third-order valence-corrected chi connectivity index (χ3v) is 2.49. The SMILES string of the molecule is Nc1cc(Cl)cnc1N[C@@H]1CCNC1. The fraction of sp³-hybridized carbons (Fsp3) is 0.444. The standard InChI is InChI=1S/C9H13ClN4/c10-6-3-8(11)9(13-4-6)14-7-1-2-12-5-7/h3-4,7,12H,1-2,5,11H2,(H,13,14)/t7-/m1/s1. The van der Waals surface area contributed by atoms with Crippen molar-refractivity contribution < 1.29 is 0 Å². The Kier molecular flexibility index (Phi) is 2.74. The van der Waals surface area contributed by atoms with Crippen LogP contribution >= 0.6 is 11.6 Å². The molecule has 0 amide bonds. The van der Waals surface area contributed by atoms with Gasteiger partial charge in [-0.05, 0) is 19.0 Å². The van der Waals surface area contributed by atoms with Gasteiger partial charge in [0.25, 0.3) is 0 Å². The molecule has 0 spiro atoms. The van der Waals surface area contributed by atoms with Gasteiger partial charge in [0.15, 0.2) is 0 Å². The van der Waals surface area contributed by atoms with E-state index in [1.807, 2.05) is 0 Å². The minimum atomic E-state index is 0.422. The van der Waals surface area contributed by atoms with Gasteiger partial charge in [0, 0.05) is 18.8 Å². The molecule has 2 heterocycles. The van der Waals surface area contributed by atoms with E-state index in [9.17, 15) is 0 Å². The summed E-state index contributed by atoms with van der Waals surface area (Å²) in [4.78, 5) is 4.15. The van der Waals surface area contributed by atoms with E-state index >= 15 is 0 Å². The monoisotopic (exact) mass is 212 g/mol. The van der Waals surface area contributed by atoms with E-state index in [0.29, 0.717) is 16.8 Å². The summed E-state index contributed by atoms with van der Waals surface area (Å²) in [5.41, 5.74) is 6.37. The van der Waals surface area contributed by atoms with Gasteiger partial charge < -0.3 is 16.4 Å². The smallest absolute Gasteiger partial charge is 0.149 e. The summed E-state index contributed by atoms with van der Waals surface area (Å²) >= 11 is 5.75. The molecule has 4 nitrogen and oxygen atoms in total. The average molecular weight is 213 g/mol. The van der Waals surface area contributed by atoms with Gasteiger partial charge in [-0.25, -0.2) is 4.98 Å². The molecule has 0 saturated carbocycles. The number of halogens is 1. The maximum atomic E-state index is 5.77. The zero-order valence-electron chi connectivity index (χ0n) is 7.76. The Morgan fingerprint density at radius 1 is 1.64 bits per heavy atom. The summed E-state index contributed by atoms with van der Waals surface area (Å²) < 4.78 is 0. The molecule has 1 saturated heterocycles. The Balaban J connectivity index is 2.08. The molecule has 5 heteroatoms. The van der Waals surface area contributed by atoms with Crippen LogP contribution in [0.3, 0.4) is 0 Å². The molecular formula is C9H13ClN4. The fourth-order valence-electron chi connectivity index (χ4n) is 1.55. The van der Waals surface area contributed by atoms with E-state index in [4.69, 9.17) is 17.3 Å². The molecule has 1 aliphatic rings. The van der Waals surface area contributed by atoms with E-state index in [1.165, 1.54) is 0 Å². The molecule has 1 aliphatic heterocycles. The van der Waals surface area contributed by atoms with Crippen LogP contribution in [0, 0.1) is 0 Å². The molecule has 2 rings (SSSR count). The third-order valence-electron chi connectivity index (χ3n) is 2.28. The van der Waals surface area contributed by atoms with Crippen molar-refractivity contribution in [1.82, 2.24) is 10.3 Å². The third kappa shape index (κ3) is 2.08. The van der Waals surface area contributed by atoms with Crippen LogP contribution in [-0.2, 0) is 0 Å². The largest absolute Gasteiger partial charge is 0.396 e. The first-order valence-electron chi connectivity index (χ1n) is 4.64. The van der Waals surface area contributed by atoms with Crippen LogP contribution < -0.4 is 16.4 Å². The first-order chi connectivity index (χ1) is 6.75. The van der Waals surface area contributed by atoms with Crippen molar-refractivity contribution in [2.75, 3.05) is 24.1 Å². The van der Waals surface area contributed by atoms with Crippen LogP contribution in [-0.4, -0.2) is 24.1 Å². The maximum Gasteiger partial charge on any atom is 0.149 e. The molecule has 1 atom stereocenters. The van der Waals surface area contributed by atoms with E-state index in [1.54, 1.807) is 12.3 Å². The summed E-state index contributed by atoms with van der Waals surface area (Å²) in [5.74, 6) is 0.725. The Hall–Kier alpha value is -1.00. The first kappa shape index (κ1) is 9.55. The Labute approximate surface area is 87.8 Å². The number of hydrogen-bond acceptors (Lipinski definition) is 4. The predicted molar refractivity (Wildman–Crippen MR) is 58.6 cm³/mol.